The molecule has 0 spiro atoms. The zero-order valence-electron chi connectivity index (χ0n) is 11.1. The Hall–Kier alpha value is -2.17. The van der Waals surface area contributed by atoms with E-state index in [4.69, 9.17) is 0 Å². The number of nitrogens with zero attached hydrogens (tertiary/aromatic N) is 1. The Balaban J connectivity index is 2.12. The van der Waals surface area contributed by atoms with E-state index < -0.39 is 0 Å². The van der Waals surface area contributed by atoms with Gasteiger partial charge in [-0.25, -0.2) is 4.39 Å². The van der Waals surface area contributed by atoms with Gasteiger partial charge in [0, 0.05) is 16.8 Å². The summed E-state index contributed by atoms with van der Waals surface area (Å²) < 4.78 is 12.8. The van der Waals surface area contributed by atoms with Crippen molar-refractivity contribution in [3.8, 4) is 0 Å². The van der Waals surface area contributed by atoms with Crippen molar-refractivity contribution in [2.24, 2.45) is 0 Å². The second kappa shape index (κ2) is 4.84. The second-order valence-electron chi connectivity index (χ2n) is 5.38. The van der Waals surface area contributed by atoms with Gasteiger partial charge in [0.15, 0.2) is 5.69 Å². The third-order valence-corrected chi connectivity index (χ3v) is 2.72. The topological polar surface area (TPSA) is 57.8 Å². The van der Waals surface area contributed by atoms with E-state index in [1.54, 1.807) is 6.07 Å². The van der Waals surface area contributed by atoms with Gasteiger partial charge in [-0.1, -0.05) is 20.8 Å². The highest BCUT2D eigenvalue weighted by Gasteiger charge is 2.19. The second-order valence-corrected chi connectivity index (χ2v) is 5.38. The minimum Gasteiger partial charge on any atom is -0.321 e. The predicted octanol–water partition coefficient (Wildman–Crippen LogP) is 3.10. The number of benzene rings is 1. The first kappa shape index (κ1) is 13.3. The molecule has 2 rings (SSSR count). The lowest BCUT2D eigenvalue weighted by Crippen LogP contribution is -2.13. The van der Waals surface area contributed by atoms with Gasteiger partial charge in [-0.05, 0) is 30.3 Å². The van der Waals surface area contributed by atoms with Crippen molar-refractivity contribution in [3.05, 3.63) is 47.5 Å². The van der Waals surface area contributed by atoms with Crippen LogP contribution in [-0.4, -0.2) is 16.1 Å². The maximum absolute atomic E-state index is 12.8. The van der Waals surface area contributed by atoms with Crippen LogP contribution in [0.1, 0.15) is 37.0 Å². The van der Waals surface area contributed by atoms with Crippen molar-refractivity contribution in [1.82, 2.24) is 10.2 Å². The molecular formula is C14H16FN3O. The molecular weight excluding hydrogens is 245 g/mol. The number of anilines is 1. The minimum absolute atomic E-state index is 0.0958. The lowest BCUT2D eigenvalue weighted by molar-refractivity contribution is 0.102. The van der Waals surface area contributed by atoms with E-state index in [1.807, 2.05) is 20.8 Å². The van der Waals surface area contributed by atoms with E-state index in [1.165, 1.54) is 24.3 Å². The normalized spacial score (nSPS) is 11.4. The van der Waals surface area contributed by atoms with Crippen LogP contribution in [0.2, 0.25) is 0 Å². The number of aromatic amines is 1. The van der Waals surface area contributed by atoms with Crippen LogP contribution in [0, 0.1) is 5.82 Å². The lowest BCUT2D eigenvalue weighted by Gasteiger charge is -2.14. The van der Waals surface area contributed by atoms with Crippen LogP contribution < -0.4 is 5.32 Å². The summed E-state index contributed by atoms with van der Waals surface area (Å²) in [4.78, 5) is 12.0. The molecule has 0 aliphatic carbocycles. The number of amides is 1. The Morgan fingerprint density at radius 3 is 2.42 bits per heavy atom. The fourth-order valence-electron chi connectivity index (χ4n) is 1.55. The number of carbonyl (C=O) groups excluding carboxylic acids is 1. The third-order valence-electron chi connectivity index (χ3n) is 2.72. The molecule has 1 amide bonds. The van der Waals surface area contributed by atoms with E-state index in [-0.39, 0.29) is 17.1 Å². The fourth-order valence-corrected chi connectivity index (χ4v) is 1.55. The van der Waals surface area contributed by atoms with Gasteiger partial charge in [0.25, 0.3) is 5.91 Å². The molecule has 4 nitrogen and oxygen atoms in total. The molecule has 1 aromatic heterocycles. The van der Waals surface area contributed by atoms with E-state index in [9.17, 15) is 9.18 Å². The summed E-state index contributed by atoms with van der Waals surface area (Å²) in [6, 6.07) is 7.31. The van der Waals surface area contributed by atoms with E-state index in [0.717, 1.165) is 5.69 Å². The fraction of sp³-hybridized carbons (Fsp3) is 0.286. The number of carbonyl (C=O) groups is 1. The molecule has 1 aromatic carbocycles. The first-order valence-corrected chi connectivity index (χ1v) is 5.99. The van der Waals surface area contributed by atoms with Crippen LogP contribution in [0.25, 0.3) is 0 Å². The van der Waals surface area contributed by atoms with Crippen molar-refractivity contribution in [1.29, 1.82) is 0 Å². The quantitative estimate of drug-likeness (QED) is 0.872. The summed E-state index contributed by atoms with van der Waals surface area (Å²) >= 11 is 0. The first-order chi connectivity index (χ1) is 8.86. The van der Waals surface area contributed by atoms with Crippen molar-refractivity contribution in [2.45, 2.75) is 26.2 Å². The molecule has 0 aliphatic heterocycles. The van der Waals surface area contributed by atoms with Crippen LogP contribution in [0.3, 0.4) is 0 Å². The number of nitrogens with one attached hydrogen (secondary N) is 2. The summed E-state index contributed by atoms with van der Waals surface area (Å²) in [5.74, 6) is -0.661. The van der Waals surface area contributed by atoms with Gasteiger partial charge in [0.2, 0.25) is 0 Å². The van der Waals surface area contributed by atoms with E-state index in [2.05, 4.69) is 15.5 Å². The molecule has 5 heteroatoms. The molecule has 100 valence electrons. The van der Waals surface area contributed by atoms with Crippen LogP contribution in [0.4, 0.5) is 10.1 Å². The zero-order chi connectivity index (χ0) is 14.0. The molecule has 19 heavy (non-hydrogen) atoms. The Morgan fingerprint density at radius 2 is 1.89 bits per heavy atom. The van der Waals surface area contributed by atoms with Gasteiger partial charge in [0.1, 0.15) is 5.82 Å². The number of hydrogen-bond acceptors (Lipinski definition) is 2. The molecule has 0 fully saturated rings. The Labute approximate surface area is 111 Å². The molecule has 0 bridgehead atoms. The van der Waals surface area contributed by atoms with Crippen LogP contribution in [-0.2, 0) is 5.41 Å². The van der Waals surface area contributed by atoms with Gasteiger partial charge in [0.05, 0.1) is 0 Å². The summed E-state index contributed by atoms with van der Waals surface area (Å²) in [6.07, 6.45) is 0. The SMILES string of the molecule is CC(C)(C)c1cc(C(=O)Nc2ccc(F)cc2)n[nH]1. The molecule has 0 aliphatic rings. The van der Waals surface area contributed by atoms with Crippen LogP contribution >= 0.6 is 0 Å². The Morgan fingerprint density at radius 1 is 1.26 bits per heavy atom. The molecule has 1 heterocycles. The molecule has 0 saturated heterocycles. The van der Waals surface area contributed by atoms with Crippen molar-refractivity contribution >= 4 is 11.6 Å². The van der Waals surface area contributed by atoms with Crippen molar-refractivity contribution in [2.75, 3.05) is 5.32 Å². The van der Waals surface area contributed by atoms with Crippen LogP contribution in [0.15, 0.2) is 30.3 Å². The van der Waals surface area contributed by atoms with Gasteiger partial charge in [-0.3, -0.25) is 9.89 Å². The number of halogens is 1. The lowest BCUT2D eigenvalue weighted by atomic mass is 9.92. The van der Waals surface area contributed by atoms with Gasteiger partial charge in [-0.2, -0.15) is 5.10 Å². The molecule has 0 radical (unpaired) electrons. The molecule has 2 N–H and O–H groups in total. The maximum atomic E-state index is 12.8. The average Bonchev–Trinajstić information content (AvgIpc) is 2.81. The average molecular weight is 261 g/mol. The summed E-state index contributed by atoms with van der Waals surface area (Å²) in [5.41, 5.74) is 1.64. The first-order valence-electron chi connectivity index (χ1n) is 5.99. The molecule has 0 atom stereocenters. The Kier molecular flexibility index (Phi) is 3.38. The highest BCUT2D eigenvalue weighted by atomic mass is 19.1. The van der Waals surface area contributed by atoms with E-state index in [0.29, 0.717) is 11.4 Å². The number of aromatic nitrogens is 2. The minimum atomic E-state index is -0.340. The molecule has 2 aromatic rings. The van der Waals surface area contributed by atoms with Gasteiger partial charge in [-0.15, -0.1) is 0 Å². The zero-order valence-corrected chi connectivity index (χ0v) is 11.1. The molecule has 0 unspecified atom stereocenters. The highest BCUT2D eigenvalue weighted by molar-refractivity contribution is 6.02. The van der Waals surface area contributed by atoms with E-state index >= 15 is 0 Å². The van der Waals surface area contributed by atoms with Crippen molar-refractivity contribution < 1.29 is 9.18 Å². The smallest absolute Gasteiger partial charge is 0.276 e. The number of rotatable bonds is 2. The maximum Gasteiger partial charge on any atom is 0.276 e. The monoisotopic (exact) mass is 261 g/mol. The summed E-state index contributed by atoms with van der Waals surface area (Å²) in [6.45, 7) is 6.09. The third kappa shape index (κ3) is 3.19. The summed E-state index contributed by atoms with van der Waals surface area (Å²) in [7, 11) is 0. The standard InChI is InChI=1S/C14H16FN3O/c1-14(2,3)12-8-11(17-18-12)13(19)16-10-6-4-9(15)5-7-10/h4-8H,1-3H3,(H,16,19)(H,17,18). The predicted molar refractivity (Wildman–Crippen MR) is 71.6 cm³/mol. The number of hydrogen-bond donors (Lipinski definition) is 2. The Bertz CT molecular complexity index is 581. The largest absolute Gasteiger partial charge is 0.321 e. The van der Waals surface area contributed by atoms with Crippen LogP contribution in [0.5, 0.6) is 0 Å². The highest BCUT2D eigenvalue weighted by Crippen LogP contribution is 2.20. The summed E-state index contributed by atoms with van der Waals surface area (Å²) in [5, 5.41) is 9.50. The number of H-pyrrole nitrogens is 1. The van der Waals surface area contributed by atoms with Gasteiger partial charge < -0.3 is 5.32 Å². The molecule has 0 saturated carbocycles. The van der Waals surface area contributed by atoms with Crippen molar-refractivity contribution in [3.63, 3.8) is 0 Å². The van der Waals surface area contributed by atoms with Gasteiger partial charge >= 0.3 is 0 Å².